The van der Waals surface area contributed by atoms with Crippen LogP contribution >= 0.6 is 0 Å². The van der Waals surface area contributed by atoms with Crippen molar-refractivity contribution < 1.29 is 8.42 Å². The van der Waals surface area contributed by atoms with E-state index in [-0.39, 0.29) is 6.04 Å². The molecule has 0 spiro atoms. The van der Waals surface area contributed by atoms with Gasteiger partial charge in [-0.15, -0.1) is 0 Å². The zero-order valence-corrected chi connectivity index (χ0v) is 10.1. The van der Waals surface area contributed by atoms with E-state index >= 15 is 0 Å². The van der Waals surface area contributed by atoms with E-state index in [1.54, 1.807) is 0 Å². The Morgan fingerprint density at radius 1 is 1.27 bits per heavy atom. The van der Waals surface area contributed by atoms with E-state index in [4.69, 9.17) is 0 Å². The summed E-state index contributed by atoms with van der Waals surface area (Å²) in [4.78, 5) is 4.70. The highest BCUT2D eigenvalue weighted by Crippen LogP contribution is 2.21. The molecule has 6 heteroatoms. The molecule has 0 aliphatic carbocycles. The summed E-state index contributed by atoms with van der Waals surface area (Å²) in [5, 5.41) is 0. The van der Waals surface area contributed by atoms with Gasteiger partial charge in [-0.2, -0.15) is 0 Å². The predicted molar refractivity (Wildman–Crippen MR) is 59.2 cm³/mol. The van der Waals surface area contributed by atoms with Crippen LogP contribution in [0.1, 0.15) is 6.42 Å². The van der Waals surface area contributed by atoms with Crippen molar-refractivity contribution >= 4 is 10.0 Å². The Kier molecular flexibility index (Phi) is 3.03. The fourth-order valence-corrected chi connectivity index (χ4v) is 3.36. The van der Waals surface area contributed by atoms with Crippen molar-refractivity contribution in [3.8, 4) is 0 Å². The highest BCUT2D eigenvalue weighted by atomic mass is 32.2. The van der Waals surface area contributed by atoms with Crippen LogP contribution in [0.4, 0.5) is 0 Å². The molecule has 0 aromatic heterocycles. The highest BCUT2D eigenvalue weighted by molar-refractivity contribution is 7.88. The van der Waals surface area contributed by atoms with Crippen LogP contribution in [-0.2, 0) is 10.0 Å². The third kappa shape index (κ3) is 2.90. The molecule has 88 valence electrons. The Morgan fingerprint density at radius 2 is 2.00 bits per heavy atom. The third-order valence-electron chi connectivity index (χ3n) is 3.20. The number of nitrogens with one attached hydrogen (secondary N) is 1. The molecule has 2 saturated heterocycles. The minimum Gasteiger partial charge on any atom is -0.304 e. The van der Waals surface area contributed by atoms with Gasteiger partial charge in [-0.3, -0.25) is 4.90 Å². The summed E-state index contributed by atoms with van der Waals surface area (Å²) < 4.78 is 24.9. The van der Waals surface area contributed by atoms with Gasteiger partial charge in [0.2, 0.25) is 10.0 Å². The second-order valence-corrected chi connectivity index (χ2v) is 6.51. The Hall–Kier alpha value is -0.170. The summed E-state index contributed by atoms with van der Waals surface area (Å²) >= 11 is 0. The molecule has 15 heavy (non-hydrogen) atoms. The SMILES string of the molecule is CN1CCN2CC(NS(C)(=O)=O)CC2C1. The minimum atomic E-state index is -3.05. The fourth-order valence-electron chi connectivity index (χ4n) is 2.59. The van der Waals surface area contributed by atoms with Crippen molar-refractivity contribution in [2.75, 3.05) is 39.5 Å². The van der Waals surface area contributed by atoms with Crippen LogP contribution in [0.3, 0.4) is 0 Å². The van der Waals surface area contributed by atoms with E-state index in [9.17, 15) is 8.42 Å². The fraction of sp³-hybridized carbons (Fsp3) is 1.00. The first-order chi connectivity index (χ1) is 6.94. The van der Waals surface area contributed by atoms with E-state index in [1.807, 2.05) is 0 Å². The number of hydrogen-bond donors (Lipinski definition) is 1. The van der Waals surface area contributed by atoms with Crippen LogP contribution in [0.25, 0.3) is 0 Å². The molecule has 2 aliphatic rings. The summed E-state index contributed by atoms with van der Waals surface area (Å²) in [6.07, 6.45) is 2.17. The van der Waals surface area contributed by atoms with Crippen molar-refractivity contribution in [2.24, 2.45) is 0 Å². The molecule has 0 saturated carbocycles. The van der Waals surface area contributed by atoms with Gasteiger partial charge in [-0.1, -0.05) is 0 Å². The lowest BCUT2D eigenvalue weighted by atomic mass is 10.1. The number of nitrogens with zero attached hydrogens (tertiary/aromatic N) is 2. The molecule has 1 N–H and O–H groups in total. The quantitative estimate of drug-likeness (QED) is 0.659. The van der Waals surface area contributed by atoms with Crippen LogP contribution in [0.2, 0.25) is 0 Å². The second-order valence-electron chi connectivity index (χ2n) is 4.73. The van der Waals surface area contributed by atoms with Gasteiger partial charge >= 0.3 is 0 Å². The standard InChI is InChI=1S/C9H19N3O2S/c1-11-3-4-12-6-8(5-9(12)7-11)10-15(2,13)14/h8-10H,3-7H2,1-2H3. The Balaban J connectivity index is 1.93. The van der Waals surface area contributed by atoms with Gasteiger partial charge in [0, 0.05) is 38.3 Å². The molecule has 2 rings (SSSR count). The summed E-state index contributed by atoms with van der Waals surface area (Å²) in [6.45, 7) is 4.07. The zero-order valence-electron chi connectivity index (χ0n) is 9.31. The number of piperazine rings is 1. The minimum absolute atomic E-state index is 0.108. The Morgan fingerprint density at radius 3 is 2.67 bits per heavy atom. The number of sulfonamides is 1. The van der Waals surface area contributed by atoms with E-state index in [2.05, 4.69) is 21.6 Å². The van der Waals surface area contributed by atoms with E-state index in [1.165, 1.54) is 6.26 Å². The number of likely N-dealkylation sites (N-methyl/N-ethyl adjacent to an activating group) is 1. The summed E-state index contributed by atoms with van der Waals surface area (Å²) in [6, 6.07) is 0.638. The van der Waals surface area contributed by atoms with Crippen molar-refractivity contribution in [1.82, 2.24) is 14.5 Å². The first kappa shape index (κ1) is 11.3. The van der Waals surface area contributed by atoms with E-state index in [0.717, 1.165) is 32.6 Å². The van der Waals surface area contributed by atoms with Gasteiger partial charge in [0.1, 0.15) is 0 Å². The molecule has 0 aromatic carbocycles. The number of hydrogen-bond acceptors (Lipinski definition) is 4. The van der Waals surface area contributed by atoms with Crippen molar-refractivity contribution in [1.29, 1.82) is 0 Å². The summed E-state index contributed by atoms with van der Waals surface area (Å²) in [7, 11) is -0.935. The maximum atomic E-state index is 11.1. The monoisotopic (exact) mass is 233 g/mol. The Labute approximate surface area is 91.5 Å². The molecule has 0 radical (unpaired) electrons. The first-order valence-corrected chi connectivity index (χ1v) is 7.23. The lowest BCUT2D eigenvalue weighted by Gasteiger charge is -2.35. The maximum Gasteiger partial charge on any atom is 0.208 e. The predicted octanol–water partition coefficient (Wildman–Crippen LogP) is -1.08. The molecule has 5 nitrogen and oxygen atoms in total. The largest absolute Gasteiger partial charge is 0.304 e. The topological polar surface area (TPSA) is 52.6 Å². The average molecular weight is 233 g/mol. The van der Waals surface area contributed by atoms with E-state index in [0.29, 0.717) is 6.04 Å². The smallest absolute Gasteiger partial charge is 0.208 e. The molecule has 2 unspecified atom stereocenters. The van der Waals surface area contributed by atoms with Gasteiger partial charge in [0.05, 0.1) is 6.26 Å². The van der Waals surface area contributed by atoms with Gasteiger partial charge in [0.15, 0.2) is 0 Å². The molecule has 0 aromatic rings. The van der Waals surface area contributed by atoms with Crippen LogP contribution in [-0.4, -0.2) is 69.8 Å². The normalized spacial score (nSPS) is 34.3. The molecule has 2 heterocycles. The number of fused-ring (bicyclic) bond motifs is 1. The van der Waals surface area contributed by atoms with Crippen LogP contribution in [0.15, 0.2) is 0 Å². The summed E-state index contributed by atoms with van der Waals surface area (Å²) in [5.41, 5.74) is 0. The molecule has 2 aliphatic heterocycles. The highest BCUT2D eigenvalue weighted by Gasteiger charge is 2.35. The molecular weight excluding hydrogens is 214 g/mol. The second kappa shape index (κ2) is 4.01. The van der Waals surface area contributed by atoms with Crippen molar-refractivity contribution in [3.63, 3.8) is 0 Å². The van der Waals surface area contributed by atoms with Gasteiger partial charge in [-0.25, -0.2) is 13.1 Å². The third-order valence-corrected chi connectivity index (χ3v) is 3.96. The molecule has 2 fully saturated rings. The Bertz CT molecular complexity index is 330. The van der Waals surface area contributed by atoms with Crippen LogP contribution in [0.5, 0.6) is 0 Å². The van der Waals surface area contributed by atoms with Gasteiger partial charge < -0.3 is 4.90 Å². The van der Waals surface area contributed by atoms with E-state index < -0.39 is 10.0 Å². The number of rotatable bonds is 2. The maximum absolute atomic E-state index is 11.1. The molecule has 0 amide bonds. The van der Waals surface area contributed by atoms with Crippen LogP contribution in [0, 0.1) is 0 Å². The summed E-state index contributed by atoms with van der Waals surface area (Å²) in [5.74, 6) is 0. The van der Waals surface area contributed by atoms with Crippen molar-refractivity contribution in [2.45, 2.75) is 18.5 Å². The van der Waals surface area contributed by atoms with Gasteiger partial charge in [-0.05, 0) is 13.5 Å². The molecule has 0 bridgehead atoms. The lowest BCUT2D eigenvalue weighted by molar-refractivity contribution is 0.124. The molecular formula is C9H19N3O2S. The molecule has 2 atom stereocenters. The lowest BCUT2D eigenvalue weighted by Crippen LogP contribution is -2.48. The van der Waals surface area contributed by atoms with Gasteiger partial charge in [0.25, 0.3) is 0 Å². The first-order valence-electron chi connectivity index (χ1n) is 5.34. The zero-order chi connectivity index (χ0) is 11.1. The van der Waals surface area contributed by atoms with Crippen molar-refractivity contribution in [3.05, 3.63) is 0 Å². The van der Waals surface area contributed by atoms with Crippen LogP contribution < -0.4 is 4.72 Å². The average Bonchev–Trinajstić information content (AvgIpc) is 2.42.